The maximum absolute atomic E-state index is 5.11. The van der Waals surface area contributed by atoms with Gasteiger partial charge in [0.15, 0.2) is 0 Å². The Labute approximate surface area is 92.1 Å². The van der Waals surface area contributed by atoms with Crippen LogP contribution in [0.3, 0.4) is 0 Å². The Morgan fingerprint density at radius 1 is 0.875 bits per heavy atom. The molecule has 0 saturated carbocycles. The van der Waals surface area contributed by atoms with Gasteiger partial charge in [0.25, 0.3) is 5.88 Å². The van der Waals surface area contributed by atoms with E-state index in [-0.39, 0.29) is 5.88 Å². The summed E-state index contributed by atoms with van der Waals surface area (Å²) in [6.45, 7) is 0. The van der Waals surface area contributed by atoms with E-state index < -0.39 is 0 Å². The zero-order valence-corrected chi connectivity index (χ0v) is 9.88. The molecule has 1 heterocycles. The number of nitrogens with zero attached hydrogens (tertiary/aromatic N) is 3. The Kier molecular flexibility index (Phi) is 3.86. The first kappa shape index (κ1) is 12.0. The Balaban J connectivity index is 3.47. The summed E-state index contributed by atoms with van der Waals surface area (Å²) in [6.07, 6.45) is 0. The van der Waals surface area contributed by atoms with Crippen LogP contribution in [-0.4, -0.2) is 55.4 Å². The van der Waals surface area contributed by atoms with Crippen molar-refractivity contribution in [2.24, 2.45) is 0 Å². The van der Waals surface area contributed by atoms with Crippen LogP contribution in [0.15, 0.2) is 0 Å². The van der Waals surface area contributed by atoms with E-state index in [1.165, 1.54) is 40.4 Å². The van der Waals surface area contributed by atoms with Crippen LogP contribution < -0.4 is 24.0 Å². The summed E-state index contributed by atoms with van der Waals surface area (Å²) < 4.78 is 10.2. The average Bonchev–Trinajstić information content (AvgIpc) is 2.35. The second kappa shape index (κ2) is 5.14. The predicted molar refractivity (Wildman–Crippen MR) is 53.0 cm³/mol. The number of ether oxygens (including phenoxy) is 2. The molecule has 0 aliphatic heterocycles. The summed E-state index contributed by atoms with van der Waals surface area (Å²) in [4.78, 5) is 18.6. The number of methoxy groups -OCH3 is 2. The van der Waals surface area contributed by atoms with Gasteiger partial charge in [-0.25, -0.2) is 5.10 Å². The highest BCUT2D eigenvalue weighted by Crippen LogP contribution is 2.21. The van der Waals surface area contributed by atoms with Gasteiger partial charge >= 0.3 is 5.88 Å². The van der Waals surface area contributed by atoms with Gasteiger partial charge in [0, 0.05) is 9.92 Å². The first-order chi connectivity index (χ1) is 7.73. The van der Waals surface area contributed by atoms with Crippen molar-refractivity contribution < 1.29 is 24.0 Å². The van der Waals surface area contributed by atoms with E-state index in [0.717, 1.165) is 9.92 Å². The maximum atomic E-state index is 5.11. The van der Waals surface area contributed by atoms with Crippen LogP contribution in [0.1, 0.15) is 0 Å². The lowest BCUT2D eigenvalue weighted by molar-refractivity contribution is -0.140. The molecular formula is C7H16N4O5. The lowest BCUT2D eigenvalue weighted by Gasteiger charge is -2.21. The summed E-state index contributed by atoms with van der Waals surface area (Å²) in [7, 11) is 7.27. The van der Waals surface area contributed by atoms with Gasteiger partial charge in [0.1, 0.15) is 21.3 Å². The van der Waals surface area contributed by atoms with E-state index in [9.17, 15) is 0 Å². The minimum Gasteiger partial charge on any atom is -0.477 e. The summed E-state index contributed by atoms with van der Waals surface area (Å²) in [5, 5.41) is 2.74. The molecule has 0 spiro atoms. The van der Waals surface area contributed by atoms with E-state index in [1.54, 1.807) is 0 Å². The number of hydrogen-bond acceptors (Lipinski definition) is 5. The maximum Gasteiger partial charge on any atom is 0.314 e. The zero-order chi connectivity index (χ0) is 12.1. The van der Waals surface area contributed by atoms with E-state index in [4.69, 9.17) is 24.0 Å². The van der Waals surface area contributed by atoms with E-state index in [0.29, 0.717) is 5.88 Å². The molecule has 0 aromatic carbocycles. The van der Waals surface area contributed by atoms with E-state index >= 15 is 0 Å². The van der Waals surface area contributed by atoms with Gasteiger partial charge in [-0.3, -0.25) is 0 Å². The Morgan fingerprint density at radius 3 is 1.94 bits per heavy atom. The van der Waals surface area contributed by atoms with Crippen LogP contribution in [0.5, 0.6) is 11.8 Å². The van der Waals surface area contributed by atoms with E-state index in [2.05, 4.69) is 5.10 Å². The molecule has 0 fully saturated rings. The quantitative estimate of drug-likeness (QED) is 0.690. The average molecular weight is 236 g/mol. The lowest BCUT2D eigenvalue weighted by atomic mass is 10.7. The third-order valence-corrected chi connectivity index (χ3v) is 1.78. The zero-order valence-electron chi connectivity index (χ0n) is 9.88. The van der Waals surface area contributed by atoms with Crippen molar-refractivity contribution in [3.05, 3.63) is 0 Å². The second-order valence-electron chi connectivity index (χ2n) is 2.50. The second-order valence-corrected chi connectivity index (χ2v) is 2.50. The van der Waals surface area contributed by atoms with Crippen molar-refractivity contribution in [3.63, 3.8) is 0 Å². The summed E-state index contributed by atoms with van der Waals surface area (Å²) in [5.74, 6) is 0.583. The molecule has 1 aromatic heterocycles. The lowest BCUT2D eigenvalue weighted by Crippen LogP contribution is -2.38. The molecule has 9 nitrogen and oxygen atoms in total. The van der Waals surface area contributed by atoms with Gasteiger partial charge in [-0.05, 0) is 4.85 Å². The number of rotatable bonds is 5. The molecule has 16 heavy (non-hydrogen) atoms. The van der Waals surface area contributed by atoms with Crippen LogP contribution in [0, 0.1) is 0 Å². The number of H-pyrrole nitrogens is 1. The normalized spacial score (nSPS) is 9.56. The van der Waals surface area contributed by atoms with Gasteiger partial charge in [-0.1, -0.05) is 0 Å². The molecule has 0 amide bonds. The fourth-order valence-corrected chi connectivity index (χ4v) is 1.14. The minimum atomic E-state index is 0.278. The first-order valence-corrected chi connectivity index (χ1v) is 4.34. The van der Waals surface area contributed by atoms with Crippen molar-refractivity contribution in [2.45, 2.75) is 0 Å². The molecule has 0 radical (unpaired) electrons. The molecule has 1 aromatic rings. The van der Waals surface area contributed by atoms with Crippen LogP contribution in [0.25, 0.3) is 0 Å². The van der Waals surface area contributed by atoms with Crippen LogP contribution >= 0.6 is 0 Å². The van der Waals surface area contributed by atoms with Gasteiger partial charge in [0.05, 0.1) is 14.2 Å². The molecule has 0 atom stereocenters. The van der Waals surface area contributed by atoms with Crippen molar-refractivity contribution in [3.8, 4) is 11.8 Å². The number of aromatic amines is 1. The molecule has 1 N–H and O–H groups in total. The summed E-state index contributed by atoms with van der Waals surface area (Å²) >= 11 is 0. The number of hydrogen-bond donors (Lipinski definition) is 1. The van der Waals surface area contributed by atoms with Gasteiger partial charge in [-0.2, -0.15) is 0 Å². The SMILES string of the molecule is COc1[nH]n(OC)n(OC)n(OC)c1OC. The third-order valence-electron chi connectivity index (χ3n) is 1.78. The van der Waals surface area contributed by atoms with Crippen molar-refractivity contribution in [1.82, 2.24) is 19.9 Å². The van der Waals surface area contributed by atoms with Gasteiger partial charge in [0.2, 0.25) is 0 Å². The van der Waals surface area contributed by atoms with E-state index in [1.807, 2.05) is 0 Å². The predicted octanol–water partition coefficient (Wildman–Crippen LogP) is -1.26. The Bertz CT molecular complexity index is 342. The molecular weight excluding hydrogens is 220 g/mol. The number of aromatic nitrogens is 4. The van der Waals surface area contributed by atoms with Crippen molar-refractivity contribution >= 4 is 0 Å². The number of nitrogens with one attached hydrogen (secondary N) is 1. The molecule has 0 aliphatic rings. The first-order valence-electron chi connectivity index (χ1n) is 4.34. The van der Waals surface area contributed by atoms with Crippen LogP contribution in [0.4, 0.5) is 0 Å². The molecule has 0 bridgehead atoms. The summed E-state index contributed by atoms with van der Waals surface area (Å²) in [6, 6.07) is 0. The van der Waals surface area contributed by atoms with Gasteiger partial charge < -0.3 is 24.0 Å². The largest absolute Gasteiger partial charge is 0.477 e. The molecule has 94 valence electrons. The van der Waals surface area contributed by atoms with Crippen molar-refractivity contribution in [1.29, 1.82) is 0 Å². The molecule has 0 aliphatic carbocycles. The van der Waals surface area contributed by atoms with Gasteiger partial charge in [-0.15, -0.1) is 0 Å². The highest BCUT2D eigenvalue weighted by molar-refractivity contribution is 5.21. The highest BCUT2D eigenvalue weighted by Gasteiger charge is 2.17. The fourth-order valence-electron chi connectivity index (χ4n) is 1.14. The van der Waals surface area contributed by atoms with Crippen molar-refractivity contribution in [2.75, 3.05) is 35.5 Å². The fraction of sp³-hybridized carbons (Fsp3) is 0.714. The minimum absolute atomic E-state index is 0.278. The van der Waals surface area contributed by atoms with Crippen LogP contribution in [0.2, 0.25) is 0 Å². The molecule has 0 saturated heterocycles. The molecule has 9 heteroatoms. The molecule has 1 rings (SSSR count). The Hall–Kier alpha value is -2.06. The summed E-state index contributed by atoms with van der Waals surface area (Å²) in [5.41, 5.74) is 0. The standard InChI is InChI=1S/C7H16N4O5/c1-12-6-7(13-2)9(14-3)11(16-5)10(8-6)15-4/h8H,1-5H3. The smallest absolute Gasteiger partial charge is 0.314 e. The van der Waals surface area contributed by atoms with Crippen LogP contribution in [-0.2, 0) is 0 Å². The highest BCUT2D eigenvalue weighted by atomic mass is 16.9. The Morgan fingerprint density at radius 2 is 1.56 bits per heavy atom. The topological polar surface area (TPSA) is 76.7 Å². The monoisotopic (exact) mass is 236 g/mol. The third kappa shape index (κ3) is 1.83. The molecule has 0 unspecified atom stereocenters.